The van der Waals surface area contributed by atoms with Crippen molar-refractivity contribution in [2.75, 3.05) is 26.7 Å². The molecule has 0 bridgehead atoms. The summed E-state index contributed by atoms with van der Waals surface area (Å²) >= 11 is 0. The lowest BCUT2D eigenvalue weighted by Crippen LogP contribution is -2.61. The molecule has 4 rings (SSSR count). The van der Waals surface area contributed by atoms with Gasteiger partial charge in [0, 0.05) is 25.6 Å². The van der Waals surface area contributed by atoms with Gasteiger partial charge in [-0.05, 0) is 41.0 Å². The highest BCUT2D eigenvalue weighted by atomic mass is 19.1. The van der Waals surface area contributed by atoms with E-state index in [4.69, 9.17) is 4.74 Å². The normalized spacial score (nSPS) is 18.2. The molecule has 1 aliphatic heterocycles. The van der Waals surface area contributed by atoms with Gasteiger partial charge in [-0.3, -0.25) is 9.59 Å². The van der Waals surface area contributed by atoms with E-state index in [1.54, 1.807) is 36.2 Å². The molecule has 32 heavy (non-hydrogen) atoms. The molecule has 1 atom stereocenters. The van der Waals surface area contributed by atoms with E-state index >= 15 is 0 Å². The van der Waals surface area contributed by atoms with Crippen molar-refractivity contribution in [2.45, 2.75) is 12.0 Å². The van der Waals surface area contributed by atoms with Gasteiger partial charge < -0.3 is 15.0 Å². The number of carbonyl (C=O) groups is 2. The van der Waals surface area contributed by atoms with Crippen molar-refractivity contribution in [1.29, 1.82) is 0 Å². The number of morpholine rings is 1. The molecule has 1 saturated heterocycles. The van der Waals surface area contributed by atoms with Crippen LogP contribution in [0.3, 0.4) is 0 Å². The number of ether oxygens (including phenoxy) is 1. The zero-order chi connectivity index (χ0) is 22.6. The van der Waals surface area contributed by atoms with Crippen molar-refractivity contribution < 1.29 is 18.7 Å². The second-order valence-corrected chi connectivity index (χ2v) is 7.86. The number of benzene rings is 3. The molecule has 0 aliphatic carbocycles. The summed E-state index contributed by atoms with van der Waals surface area (Å²) in [5.74, 6) is -0.718. The van der Waals surface area contributed by atoms with Crippen LogP contribution in [0.1, 0.15) is 15.9 Å². The van der Waals surface area contributed by atoms with Crippen molar-refractivity contribution in [3.05, 3.63) is 95.8 Å². The molecule has 3 aromatic rings. The highest BCUT2D eigenvalue weighted by Crippen LogP contribution is 2.31. The fourth-order valence-corrected chi connectivity index (χ4v) is 4.17. The minimum absolute atomic E-state index is 0.131. The standard InChI is InChI=1S/C26H25FN2O3/c1-28-25(31)26(18-29(15-16-32-26)24(30)20-7-3-2-4-8-20)17-21-9-5-6-10-23(21)19-11-13-22(27)14-12-19/h2-14H,15-18H2,1H3,(H,28,31)/t26-/m0/s1. The van der Waals surface area contributed by atoms with Crippen LogP contribution in [0.2, 0.25) is 0 Å². The van der Waals surface area contributed by atoms with E-state index in [1.165, 1.54) is 12.1 Å². The lowest BCUT2D eigenvalue weighted by atomic mass is 9.87. The van der Waals surface area contributed by atoms with Crippen LogP contribution in [-0.4, -0.2) is 49.1 Å². The maximum absolute atomic E-state index is 13.4. The van der Waals surface area contributed by atoms with Gasteiger partial charge in [0.2, 0.25) is 0 Å². The minimum atomic E-state index is -1.23. The van der Waals surface area contributed by atoms with E-state index in [2.05, 4.69) is 5.32 Å². The van der Waals surface area contributed by atoms with Crippen LogP contribution in [0.15, 0.2) is 78.9 Å². The number of nitrogens with zero attached hydrogens (tertiary/aromatic N) is 1. The summed E-state index contributed by atoms with van der Waals surface area (Å²) in [6.45, 7) is 0.801. The molecule has 2 amide bonds. The van der Waals surface area contributed by atoms with Gasteiger partial charge in [0.15, 0.2) is 5.60 Å². The maximum Gasteiger partial charge on any atom is 0.254 e. The molecule has 0 unspecified atom stereocenters. The Bertz CT molecular complexity index is 1100. The zero-order valence-corrected chi connectivity index (χ0v) is 17.9. The number of rotatable bonds is 5. The lowest BCUT2D eigenvalue weighted by molar-refractivity contribution is -0.156. The first-order valence-electron chi connectivity index (χ1n) is 10.6. The van der Waals surface area contributed by atoms with Crippen molar-refractivity contribution >= 4 is 11.8 Å². The summed E-state index contributed by atoms with van der Waals surface area (Å²) in [4.78, 5) is 27.8. The van der Waals surface area contributed by atoms with Gasteiger partial charge in [-0.25, -0.2) is 4.39 Å². The number of halogens is 1. The Morgan fingerprint density at radius 3 is 2.41 bits per heavy atom. The number of likely N-dealkylation sites (N-methyl/N-ethyl adjacent to an activating group) is 1. The van der Waals surface area contributed by atoms with Crippen LogP contribution in [0, 0.1) is 5.82 Å². The van der Waals surface area contributed by atoms with Gasteiger partial charge in [0.1, 0.15) is 5.82 Å². The predicted octanol–water partition coefficient (Wildman–Crippen LogP) is 3.69. The summed E-state index contributed by atoms with van der Waals surface area (Å²) in [6.07, 6.45) is 0.277. The first-order valence-corrected chi connectivity index (χ1v) is 10.6. The van der Waals surface area contributed by atoms with E-state index in [9.17, 15) is 14.0 Å². The molecule has 164 valence electrons. The molecule has 5 nitrogen and oxygen atoms in total. The monoisotopic (exact) mass is 432 g/mol. The highest BCUT2D eigenvalue weighted by molar-refractivity contribution is 5.95. The number of amides is 2. The van der Waals surface area contributed by atoms with Gasteiger partial charge in [-0.1, -0.05) is 54.6 Å². The minimum Gasteiger partial charge on any atom is -0.361 e. The molecule has 0 saturated carbocycles. The van der Waals surface area contributed by atoms with Gasteiger partial charge in [0.05, 0.1) is 13.2 Å². The molecular weight excluding hydrogens is 407 g/mol. The first-order chi connectivity index (χ1) is 15.5. The van der Waals surface area contributed by atoms with Gasteiger partial charge in [0.25, 0.3) is 11.8 Å². The van der Waals surface area contributed by atoms with Crippen molar-refractivity contribution in [1.82, 2.24) is 10.2 Å². The average Bonchev–Trinajstić information content (AvgIpc) is 2.84. The van der Waals surface area contributed by atoms with Crippen molar-refractivity contribution in [2.24, 2.45) is 0 Å². The van der Waals surface area contributed by atoms with Crippen LogP contribution in [-0.2, 0) is 16.0 Å². The van der Waals surface area contributed by atoms with E-state index in [-0.39, 0.29) is 37.2 Å². The fourth-order valence-electron chi connectivity index (χ4n) is 4.17. The molecule has 1 N–H and O–H groups in total. The molecule has 1 fully saturated rings. The Labute approximate surface area is 186 Å². The zero-order valence-electron chi connectivity index (χ0n) is 17.9. The second-order valence-electron chi connectivity index (χ2n) is 7.86. The summed E-state index contributed by atoms with van der Waals surface area (Å²) in [5.41, 5.74) is 1.98. The Hall–Kier alpha value is -3.51. The van der Waals surface area contributed by atoms with Gasteiger partial charge in [-0.2, -0.15) is 0 Å². The largest absolute Gasteiger partial charge is 0.361 e. The van der Waals surface area contributed by atoms with Gasteiger partial charge in [-0.15, -0.1) is 0 Å². The molecule has 3 aromatic carbocycles. The summed E-state index contributed by atoms with van der Waals surface area (Å²) < 4.78 is 19.5. The van der Waals surface area contributed by atoms with Crippen molar-refractivity contribution in [3.63, 3.8) is 0 Å². The summed E-state index contributed by atoms with van der Waals surface area (Å²) in [5, 5.41) is 2.71. The van der Waals surface area contributed by atoms with Gasteiger partial charge >= 0.3 is 0 Å². The number of hydrogen-bond acceptors (Lipinski definition) is 3. The first kappa shape index (κ1) is 21.7. The highest BCUT2D eigenvalue weighted by Gasteiger charge is 2.45. The lowest BCUT2D eigenvalue weighted by Gasteiger charge is -2.41. The maximum atomic E-state index is 13.4. The fraction of sp³-hybridized carbons (Fsp3) is 0.231. The predicted molar refractivity (Wildman–Crippen MR) is 121 cm³/mol. The van der Waals surface area contributed by atoms with E-state index in [0.717, 1.165) is 16.7 Å². The SMILES string of the molecule is CNC(=O)[C@]1(Cc2ccccc2-c2ccc(F)cc2)CN(C(=O)c2ccccc2)CCO1. The van der Waals surface area contributed by atoms with Crippen LogP contribution in [0.4, 0.5) is 4.39 Å². The van der Waals surface area contributed by atoms with Crippen LogP contribution < -0.4 is 5.32 Å². The third-order valence-electron chi connectivity index (χ3n) is 5.78. The van der Waals surface area contributed by atoms with Crippen LogP contribution in [0.5, 0.6) is 0 Å². The topological polar surface area (TPSA) is 58.6 Å². The smallest absolute Gasteiger partial charge is 0.254 e. The molecule has 0 aromatic heterocycles. The van der Waals surface area contributed by atoms with Crippen molar-refractivity contribution in [3.8, 4) is 11.1 Å². The quantitative estimate of drug-likeness (QED) is 0.669. The van der Waals surface area contributed by atoms with E-state index < -0.39 is 5.60 Å². The third-order valence-corrected chi connectivity index (χ3v) is 5.78. The summed E-state index contributed by atoms with van der Waals surface area (Å²) in [7, 11) is 1.57. The number of carbonyl (C=O) groups excluding carboxylic acids is 2. The number of hydrogen-bond donors (Lipinski definition) is 1. The second kappa shape index (κ2) is 9.32. The average molecular weight is 432 g/mol. The Balaban J connectivity index is 1.67. The molecule has 0 radical (unpaired) electrons. The Kier molecular flexibility index (Phi) is 6.32. The van der Waals surface area contributed by atoms with E-state index in [0.29, 0.717) is 12.1 Å². The third kappa shape index (κ3) is 4.41. The molecule has 1 heterocycles. The Morgan fingerprint density at radius 1 is 1.00 bits per heavy atom. The van der Waals surface area contributed by atoms with Crippen LogP contribution in [0.25, 0.3) is 11.1 Å². The molecule has 1 aliphatic rings. The van der Waals surface area contributed by atoms with Crippen LogP contribution >= 0.6 is 0 Å². The molecule has 0 spiro atoms. The molecular formula is C26H25FN2O3. The molecule has 6 heteroatoms. The van der Waals surface area contributed by atoms with E-state index in [1.807, 2.05) is 42.5 Å². The summed E-state index contributed by atoms with van der Waals surface area (Å²) in [6, 6.07) is 23.0. The number of nitrogens with one attached hydrogen (secondary N) is 1. The Morgan fingerprint density at radius 2 is 1.69 bits per heavy atom.